The Hall–Kier alpha value is -4.26. The van der Waals surface area contributed by atoms with Crippen LogP contribution < -0.4 is 21.0 Å². The Labute approximate surface area is 178 Å². The van der Waals surface area contributed by atoms with Crippen LogP contribution in [-0.4, -0.2) is 17.6 Å². The number of hydrogen-bond donors (Lipinski definition) is 3. The molecule has 0 radical (unpaired) electrons. The highest BCUT2D eigenvalue weighted by molar-refractivity contribution is 6.05. The average molecular weight is 415 g/mol. The van der Waals surface area contributed by atoms with E-state index in [0.717, 1.165) is 5.69 Å². The Kier molecular flexibility index (Phi) is 5.84. The van der Waals surface area contributed by atoms with Crippen LogP contribution in [0.15, 0.2) is 88.4 Å². The van der Waals surface area contributed by atoms with Crippen molar-refractivity contribution in [1.29, 1.82) is 0 Å². The van der Waals surface area contributed by atoms with Gasteiger partial charge >= 0.3 is 0 Å². The van der Waals surface area contributed by atoms with E-state index in [1.54, 1.807) is 30.3 Å². The minimum Gasteiger partial charge on any atom is -0.508 e. The Morgan fingerprint density at radius 1 is 1.00 bits per heavy atom. The predicted octanol–water partition coefficient (Wildman–Crippen LogP) is 4.72. The maximum absolute atomic E-state index is 13.1. The van der Waals surface area contributed by atoms with E-state index in [9.17, 15) is 9.90 Å². The summed E-state index contributed by atoms with van der Waals surface area (Å²) in [7, 11) is 0. The number of amides is 1. The van der Waals surface area contributed by atoms with Crippen molar-refractivity contribution in [2.75, 3.05) is 17.3 Å². The van der Waals surface area contributed by atoms with Crippen molar-refractivity contribution < 1.29 is 19.1 Å². The topological polar surface area (TPSA) is 96.1 Å². The van der Waals surface area contributed by atoms with Crippen LogP contribution in [0.4, 0.5) is 11.4 Å². The van der Waals surface area contributed by atoms with Crippen molar-refractivity contribution in [2.24, 2.45) is 5.10 Å². The minimum absolute atomic E-state index is 0.0585. The SMILES string of the molecule is CCOc1cccc(NC(=O)c2cc3ccc(O)cc3oc2=NNc2ccccc2)c1. The molecule has 0 fully saturated rings. The van der Waals surface area contributed by atoms with E-state index in [4.69, 9.17) is 9.15 Å². The van der Waals surface area contributed by atoms with Gasteiger partial charge in [-0.3, -0.25) is 10.2 Å². The van der Waals surface area contributed by atoms with Crippen molar-refractivity contribution in [3.05, 3.63) is 90.0 Å². The number of phenols is 1. The number of rotatable bonds is 6. The molecule has 4 aromatic rings. The van der Waals surface area contributed by atoms with Crippen LogP contribution >= 0.6 is 0 Å². The molecule has 0 aliphatic heterocycles. The third-order valence-corrected chi connectivity index (χ3v) is 4.44. The van der Waals surface area contributed by atoms with Gasteiger partial charge in [-0.25, -0.2) is 0 Å². The molecule has 156 valence electrons. The van der Waals surface area contributed by atoms with Gasteiger partial charge in [-0.05, 0) is 49.4 Å². The second-order valence-corrected chi connectivity index (χ2v) is 6.69. The van der Waals surface area contributed by atoms with Gasteiger partial charge in [0, 0.05) is 23.2 Å². The second-order valence-electron chi connectivity index (χ2n) is 6.69. The third kappa shape index (κ3) is 4.84. The van der Waals surface area contributed by atoms with Crippen LogP contribution in [0.2, 0.25) is 0 Å². The number of ether oxygens (including phenoxy) is 1. The number of nitrogens with one attached hydrogen (secondary N) is 2. The Morgan fingerprint density at radius 2 is 1.81 bits per heavy atom. The zero-order valence-electron chi connectivity index (χ0n) is 16.8. The standard InChI is InChI=1S/C24H21N3O4/c1-2-30-20-10-6-9-18(14-20)25-23(29)21-13-16-11-12-19(28)15-22(16)31-24(21)27-26-17-7-4-3-5-8-17/h3-15,26,28H,2H2,1H3,(H,25,29). The maximum atomic E-state index is 13.1. The zero-order valence-corrected chi connectivity index (χ0v) is 16.8. The summed E-state index contributed by atoms with van der Waals surface area (Å²) in [5.74, 6) is 0.332. The lowest BCUT2D eigenvalue weighted by molar-refractivity contribution is 0.102. The van der Waals surface area contributed by atoms with E-state index >= 15 is 0 Å². The molecule has 0 saturated carbocycles. The molecule has 0 unspecified atom stereocenters. The van der Waals surface area contributed by atoms with Gasteiger partial charge in [-0.15, -0.1) is 5.10 Å². The fraction of sp³-hybridized carbons (Fsp3) is 0.0833. The molecule has 1 aromatic heterocycles. The summed E-state index contributed by atoms with van der Waals surface area (Å²) in [5, 5.41) is 17.6. The minimum atomic E-state index is -0.388. The summed E-state index contributed by atoms with van der Waals surface area (Å²) in [6.45, 7) is 2.43. The van der Waals surface area contributed by atoms with Crippen molar-refractivity contribution in [1.82, 2.24) is 0 Å². The van der Waals surface area contributed by atoms with E-state index < -0.39 is 0 Å². The van der Waals surface area contributed by atoms with Crippen molar-refractivity contribution in [3.63, 3.8) is 0 Å². The van der Waals surface area contributed by atoms with Gasteiger partial charge in [-0.1, -0.05) is 24.3 Å². The van der Waals surface area contributed by atoms with E-state index in [2.05, 4.69) is 15.8 Å². The van der Waals surface area contributed by atoms with E-state index in [-0.39, 0.29) is 22.8 Å². The molecule has 1 heterocycles. The molecule has 7 nitrogen and oxygen atoms in total. The predicted molar refractivity (Wildman–Crippen MR) is 119 cm³/mol. The molecular weight excluding hydrogens is 394 g/mol. The highest BCUT2D eigenvalue weighted by atomic mass is 16.5. The number of carbonyl (C=O) groups is 1. The number of fused-ring (bicyclic) bond motifs is 1. The molecule has 0 spiro atoms. The van der Waals surface area contributed by atoms with Crippen LogP contribution in [-0.2, 0) is 0 Å². The normalized spacial score (nSPS) is 11.3. The highest BCUT2D eigenvalue weighted by Crippen LogP contribution is 2.21. The van der Waals surface area contributed by atoms with Gasteiger partial charge in [0.1, 0.15) is 22.6 Å². The summed E-state index contributed by atoms with van der Waals surface area (Å²) in [5.41, 5.74) is 4.95. The molecule has 0 bridgehead atoms. The monoisotopic (exact) mass is 415 g/mol. The van der Waals surface area contributed by atoms with Crippen LogP contribution in [0.5, 0.6) is 11.5 Å². The second kappa shape index (κ2) is 9.04. The first-order chi connectivity index (χ1) is 15.1. The highest BCUT2D eigenvalue weighted by Gasteiger charge is 2.14. The molecule has 7 heteroatoms. The summed E-state index contributed by atoms with van der Waals surface area (Å²) in [4.78, 5) is 13.1. The van der Waals surface area contributed by atoms with Gasteiger partial charge in [0.25, 0.3) is 5.91 Å². The van der Waals surface area contributed by atoms with Gasteiger partial charge in [0.15, 0.2) is 0 Å². The quantitative estimate of drug-likeness (QED) is 0.396. The summed E-state index contributed by atoms with van der Waals surface area (Å²) < 4.78 is 11.3. The lowest BCUT2D eigenvalue weighted by Gasteiger charge is -2.09. The molecular formula is C24H21N3O4. The van der Waals surface area contributed by atoms with E-state index in [1.165, 1.54) is 12.1 Å². The largest absolute Gasteiger partial charge is 0.508 e. The molecule has 0 aliphatic carbocycles. The number of para-hydroxylation sites is 1. The zero-order chi connectivity index (χ0) is 21.6. The number of aromatic hydroxyl groups is 1. The molecule has 3 N–H and O–H groups in total. The van der Waals surface area contributed by atoms with Crippen LogP contribution in [0.25, 0.3) is 11.0 Å². The summed E-state index contributed by atoms with van der Waals surface area (Å²) in [6, 6.07) is 22.8. The van der Waals surface area contributed by atoms with Crippen LogP contribution in [0.1, 0.15) is 17.3 Å². The molecule has 3 aromatic carbocycles. The first-order valence-electron chi connectivity index (χ1n) is 9.78. The fourth-order valence-corrected chi connectivity index (χ4v) is 3.01. The molecule has 0 aliphatic rings. The average Bonchev–Trinajstić information content (AvgIpc) is 2.78. The van der Waals surface area contributed by atoms with Crippen LogP contribution in [0, 0.1) is 0 Å². The number of benzene rings is 3. The Balaban J connectivity index is 1.73. The Bertz CT molecular complexity index is 1280. The van der Waals surface area contributed by atoms with Gasteiger partial charge in [-0.2, -0.15) is 0 Å². The molecule has 1 amide bonds. The molecule has 0 saturated heterocycles. The van der Waals surface area contributed by atoms with Gasteiger partial charge < -0.3 is 19.6 Å². The number of hydrogen-bond acceptors (Lipinski definition) is 6. The molecule has 0 atom stereocenters. The number of nitrogens with zero attached hydrogens (tertiary/aromatic N) is 1. The summed E-state index contributed by atoms with van der Waals surface area (Å²) in [6.07, 6.45) is 0. The Morgan fingerprint density at radius 3 is 2.61 bits per heavy atom. The van der Waals surface area contributed by atoms with Crippen molar-refractivity contribution >= 4 is 28.3 Å². The lowest BCUT2D eigenvalue weighted by Crippen LogP contribution is -2.22. The lowest BCUT2D eigenvalue weighted by atomic mass is 10.1. The van der Waals surface area contributed by atoms with E-state index in [0.29, 0.717) is 29.0 Å². The molecule has 4 rings (SSSR count). The first kappa shape index (κ1) is 20.0. The van der Waals surface area contributed by atoms with Crippen molar-refractivity contribution in [3.8, 4) is 11.5 Å². The van der Waals surface area contributed by atoms with Crippen LogP contribution in [0.3, 0.4) is 0 Å². The third-order valence-electron chi connectivity index (χ3n) is 4.44. The number of phenolic OH excluding ortho intramolecular Hbond substituents is 1. The molecule has 31 heavy (non-hydrogen) atoms. The smallest absolute Gasteiger partial charge is 0.261 e. The van der Waals surface area contributed by atoms with Crippen molar-refractivity contribution in [2.45, 2.75) is 6.92 Å². The number of carbonyl (C=O) groups excluding carboxylic acids is 1. The summed E-state index contributed by atoms with van der Waals surface area (Å²) >= 11 is 0. The fourth-order valence-electron chi connectivity index (χ4n) is 3.01. The maximum Gasteiger partial charge on any atom is 0.261 e. The van der Waals surface area contributed by atoms with Gasteiger partial charge in [0.05, 0.1) is 12.3 Å². The first-order valence-corrected chi connectivity index (χ1v) is 9.78. The van der Waals surface area contributed by atoms with Gasteiger partial charge in [0.2, 0.25) is 5.55 Å². The van der Waals surface area contributed by atoms with E-state index in [1.807, 2.05) is 43.3 Å². The number of anilines is 2.